The number of hydrogen-bond donors (Lipinski definition) is 1. The topological polar surface area (TPSA) is 29.9 Å². The highest BCUT2D eigenvalue weighted by atomic mass is 79.9. The molecule has 0 saturated heterocycles. The van der Waals surface area contributed by atoms with E-state index in [9.17, 15) is 0 Å². The lowest BCUT2D eigenvalue weighted by molar-refractivity contribution is 1.04. The van der Waals surface area contributed by atoms with Gasteiger partial charge in [-0.25, -0.2) is 4.98 Å². The Bertz CT molecular complexity index is 736. The zero-order chi connectivity index (χ0) is 14.7. The van der Waals surface area contributed by atoms with Gasteiger partial charge in [-0.2, -0.15) is 0 Å². The second-order valence-corrected chi connectivity index (χ2v) is 5.78. The first-order valence-electron chi connectivity index (χ1n) is 6.80. The summed E-state index contributed by atoms with van der Waals surface area (Å²) >= 11 is 3.53. The fraction of sp³-hybridized carbons (Fsp3) is 0.118. The van der Waals surface area contributed by atoms with Crippen molar-refractivity contribution in [2.75, 3.05) is 5.32 Å². The molecule has 0 aliphatic carbocycles. The third-order valence-corrected chi connectivity index (χ3v) is 4.28. The SMILES string of the molecule is Cc1cc(CNc2ccccc2-n2ccnc2)ccc1Br. The second kappa shape index (κ2) is 6.14. The molecule has 106 valence electrons. The van der Waals surface area contributed by atoms with Gasteiger partial charge in [0.15, 0.2) is 0 Å². The van der Waals surface area contributed by atoms with Crippen molar-refractivity contribution in [2.24, 2.45) is 0 Å². The van der Waals surface area contributed by atoms with Crippen LogP contribution >= 0.6 is 15.9 Å². The lowest BCUT2D eigenvalue weighted by Crippen LogP contribution is -2.03. The number of imidazole rings is 1. The Balaban J connectivity index is 1.81. The van der Waals surface area contributed by atoms with Gasteiger partial charge in [-0.15, -0.1) is 0 Å². The van der Waals surface area contributed by atoms with Crippen LogP contribution < -0.4 is 5.32 Å². The maximum absolute atomic E-state index is 4.11. The minimum Gasteiger partial charge on any atom is -0.379 e. The van der Waals surface area contributed by atoms with Crippen molar-refractivity contribution >= 4 is 21.6 Å². The number of hydrogen-bond acceptors (Lipinski definition) is 2. The lowest BCUT2D eigenvalue weighted by atomic mass is 10.1. The Kier molecular flexibility index (Phi) is 4.06. The Labute approximate surface area is 132 Å². The van der Waals surface area contributed by atoms with Gasteiger partial charge in [-0.3, -0.25) is 0 Å². The smallest absolute Gasteiger partial charge is 0.0992 e. The number of halogens is 1. The van der Waals surface area contributed by atoms with Gasteiger partial charge < -0.3 is 9.88 Å². The van der Waals surface area contributed by atoms with E-state index in [1.165, 1.54) is 11.1 Å². The maximum atomic E-state index is 4.11. The van der Waals surface area contributed by atoms with Crippen molar-refractivity contribution in [2.45, 2.75) is 13.5 Å². The average Bonchev–Trinajstić information content (AvgIpc) is 3.03. The minimum absolute atomic E-state index is 0.791. The average molecular weight is 342 g/mol. The van der Waals surface area contributed by atoms with Crippen LogP contribution in [0.3, 0.4) is 0 Å². The predicted octanol–water partition coefficient (Wildman–Crippen LogP) is 4.56. The summed E-state index contributed by atoms with van der Waals surface area (Å²) in [6.45, 7) is 2.90. The number of benzene rings is 2. The summed E-state index contributed by atoms with van der Waals surface area (Å²) in [5, 5.41) is 3.50. The Hall–Kier alpha value is -2.07. The molecule has 1 heterocycles. The summed E-state index contributed by atoms with van der Waals surface area (Å²) in [4.78, 5) is 4.11. The molecule has 1 N–H and O–H groups in total. The van der Waals surface area contributed by atoms with Crippen LogP contribution in [-0.2, 0) is 6.54 Å². The van der Waals surface area contributed by atoms with Crippen LogP contribution in [0.2, 0.25) is 0 Å². The monoisotopic (exact) mass is 341 g/mol. The molecule has 0 unspecified atom stereocenters. The van der Waals surface area contributed by atoms with Gasteiger partial charge >= 0.3 is 0 Å². The molecule has 1 aromatic heterocycles. The predicted molar refractivity (Wildman–Crippen MR) is 89.8 cm³/mol. The van der Waals surface area contributed by atoms with E-state index in [-0.39, 0.29) is 0 Å². The van der Waals surface area contributed by atoms with Gasteiger partial charge in [0.25, 0.3) is 0 Å². The van der Waals surface area contributed by atoms with E-state index in [2.05, 4.69) is 63.5 Å². The van der Waals surface area contributed by atoms with Crippen LogP contribution in [0.5, 0.6) is 0 Å². The number of anilines is 1. The first-order chi connectivity index (χ1) is 10.2. The first-order valence-corrected chi connectivity index (χ1v) is 7.59. The summed E-state index contributed by atoms with van der Waals surface area (Å²) in [6, 6.07) is 14.6. The standard InChI is InChI=1S/C17H16BrN3/c1-13-10-14(6-7-15(13)18)11-20-16-4-2-3-5-17(16)21-9-8-19-12-21/h2-10,12,20H,11H2,1H3. The van der Waals surface area contributed by atoms with Gasteiger partial charge in [0.05, 0.1) is 17.7 Å². The molecular weight excluding hydrogens is 326 g/mol. The molecule has 21 heavy (non-hydrogen) atoms. The molecule has 3 aromatic rings. The molecule has 0 atom stereocenters. The largest absolute Gasteiger partial charge is 0.379 e. The van der Waals surface area contributed by atoms with Crippen LogP contribution in [0.1, 0.15) is 11.1 Å². The van der Waals surface area contributed by atoms with Crippen LogP contribution in [-0.4, -0.2) is 9.55 Å². The molecule has 3 nitrogen and oxygen atoms in total. The summed E-state index contributed by atoms with van der Waals surface area (Å²) < 4.78 is 3.15. The summed E-state index contributed by atoms with van der Waals surface area (Å²) in [6.07, 6.45) is 5.55. The highest BCUT2D eigenvalue weighted by molar-refractivity contribution is 9.10. The van der Waals surface area contributed by atoms with Crippen LogP contribution in [0.25, 0.3) is 5.69 Å². The van der Waals surface area contributed by atoms with E-state index in [0.29, 0.717) is 0 Å². The normalized spacial score (nSPS) is 10.6. The van der Waals surface area contributed by atoms with E-state index in [1.54, 1.807) is 6.20 Å². The van der Waals surface area contributed by atoms with E-state index in [0.717, 1.165) is 22.4 Å². The molecule has 0 radical (unpaired) electrons. The molecule has 4 heteroatoms. The van der Waals surface area contributed by atoms with E-state index in [4.69, 9.17) is 0 Å². The fourth-order valence-corrected chi connectivity index (χ4v) is 2.51. The molecule has 0 bridgehead atoms. The molecule has 3 rings (SSSR count). The third-order valence-electron chi connectivity index (χ3n) is 3.39. The zero-order valence-electron chi connectivity index (χ0n) is 11.8. The van der Waals surface area contributed by atoms with Gasteiger partial charge in [-0.1, -0.05) is 40.2 Å². The number of para-hydroxylation sites is 2. The van der Waals surface area contributed by atoms with Crippen molar-refractivity contribution in [1.82, 2.24) is 9.55 Å². The van der Waals surface area contributed by atoms with E-state index < -0.39 is 0 Å². The number of nitrogens with one attached hydrogen (secondary N) is 1. The van der Waals surface area contributed by atoms with Crippen molar-refractivity contribution in [3.63, 3.8) is 0 Å². The highest BCUT2D eigenvalue weighted by Crippen LogP contribution is 2.22. The van der Waals surface area contributed by atoms with Crippen molar-refractivity contribution < 1.29 is 0 Å². The lowest BCUT2D eigenvalue weighted by Gasteiger charge is -2.13. The summed E-state index contributed by atoms with van der Waals surface area (Å²) in [5.74, 6) is 0. The molecule has 2 aromatic carbocycles. The van der Waals surface area contributed by atoms with Crippen LogP contribution in [0, 0.1) is 6.92 Å². The quantitative estimate of drug-likeness (QED) is 0.754. The number of nitrogens with zero attached hydrogens (tertiary/aromatic N) is 2. The van der Waals surface area contributed by atoms with Gasteiger partial charge in [0, 0.05) is 23.4 Å². The zero-order valence-corrected chi connectivity index (χ0v) is 13.3. The van der Waals surface area contributed by atoms with Crippen molar-refractivity contribution in [3.8, 4) is 5.69 Å². The fourth-order valence-electron chi connectivity index (χ4n) is 2.26. The van der Waals surface area contributed by atoms with Gasteiger partial charge in [0.1, 0.15) is 0 Å². The van der Waals surface area contributed by atoms with E-state index >= 15 is 0 Å². The third kappa shape index (κ3) is 3.16. The molecule has 0 fully saturated rings. The minimum atomic E-state index is 0.791. The van der Waals surface area contributed by atoms with Crippen molar-refractivity contribution in [3.05, 3.63) is 76.8 Å². The summed E-state index contributed by atoms with van der Waals surface area (Å²) in [7, 11) is 0. The number of aromatic nitrogens is 2. The molecule has 0 amide bonds. The second-order valence-electron chi connectivity index (χ2n) is 4.92. The van der Waals surface area contributed by atoms with Crippen molar-refractivity contribution in [1.29, 1.82) is 0 Å². The summed E-state index contributed by atoms with van der Waals surface area (Å²) in [5.41, 5.74) is 4.70. The Morgan fingerprint density at radius 1 is 1.19 bits per heavy atom. The molecular formula is C17H16BrN3. The Morgan fingerprint density at radius 2 is 2.05 bits per heavy atom. The van der Waals surface area contributed by atoms with Crippen LogP contribution in [0.4, 0.5) is 5.69 Å². The maximum Gasteiger partial charge on any atom is 0.0992 e. The number of rotatable bonds is 4. The Morgan fingerprint density at radius 3 is 2.81 bits per heavy atom. The molecule has 0 spiro atoms. The highest BCUT2D eigenvalue weighted by Gasteiger charge is 2.04. The first kappa shape index (κ1) is 13.9. The van der Waals surface area contributed by atoms with Gasteiger partial charge in [0.2, 0.25) is 0 Å². The van der Waals surface area contributed by atoms with Crippen LogP contribution in [0.15, 0.2) is 65.7 Å². The molecule has 0 aliphatic rings. The van der Waals surface area contributed by atoms with E-state index in [1.807, 2.05) is 29.2 Å². The molecule has 0 saturated carbocycles. The van der Waals surface area contributed by atoms with Gasteiger partial charge in [-0.05, 0) is 36.2 Å². The number of aryl methyl sites for hydroxylation is 1. The molecule has 0 aliphatic heterocycles.